The van der Waals surface area contributed by atoms with Crippen LogP contribution in [0.2, 0.25) is 0 Å². The van der Waals surface area contributed by atoms with Crippen LogP contribution in [0.15, 0.2) is 48.5 Å². The van der Waals surface area contributed by atoms with Crippen molar-refractivity contribution >= 4 is 23.2 Å². The van der Waals surface area contributed by atoms with Crippen molar-refractivity contribution in [2.24, 2.45) is 0 Å². The fourth-order valence-electron chi connectivity index (χ4n) is 2.15. The number of hydrogen-bond acceptors (Lipinski definition) is 3. The Bertz CT molecular complexity index is 698. The third kappa shape index (κ3) is 4.57. The lowest BCUT2D eigenvalue weighted by molar-refractivity contribution is -0.133. The molecule has 0 aliphatic heterocycles. The number of ether oxygens (including phenoxy) is 1. The van der Waals surface area contributed by atoms with Crippen molar-refractivity contribution in [2.75, 3.05) is 17.2 Å². The summed E-state index contributed by atoms with van der Waals surface area (Å²) in [6.45, 7) is 4.40. The molecule has 120 valence electrons. The van der Waals surface area contributed by atoms with E-state index in [1.165, 1.54) is 0 Å². The Hall–Kier alpha value is -2.82. The minimum atomic E-state index is -0.718. The third-order valence-electron chi connectivity index (χ3n) is 3.26. The van der Waals surface area contributed by atoms with Crippen molar-refractivity contribution in [2.45, 2.75) is 20.3 Å². The Morgan fingerprint density at radius 3 is 2.43 bits per heavy atom. The summed E-state index contributed by atoms with van der Waals surface area (Å²) >= 11 is 0. The van der Waals surface area contributed by atoms with Crippen LogP contribution in [0.4, 0.5) is 11.4 Å². The molecule has 2 aromatic carbocycles. The van der Waals surface area contributed by atoms with Crippen molar-refractivity contribution in [1.82, 2.24) is 0 Å². The van der Waals surface area contributed by atoms with Gasteiger partial charge in [-0.05, 0) is 37.1 Å². The molecule has 0 bridgehead atoms. The molecule has 5 heteroatoms. The quantitative estimate of drug-likeness (QED) is 0.833. The molecule has 0 aromatic heterocycles. The zero-order chi connectivity index (χ0) is 16.7. The molecule has 0 atom stereocenters. The van der Waals surface area contributed by atoms with Gasteiger partial charge in [-0.15, -0.1) is 0 Å². The van der Waals surface area contributed by atoms with E-state index >= 15 is 0 Å². The van der Waals surface area contributed by atoms with Gasteiger partial charge in [0, 0.05) is 17.4 Å². The van der Waals surface area contributed by atoms with Crippen molar-refractivity contribution in [3.8, 4) is 5.75 Å². The molecule has 23 heavy (non-hydrogen) atoms. The Morgan fingerprint density at radius 1 is 0.957 bits per heavy atom. The fourth-order valence-corrected chi connectivity index (χ4v) is 2.15. The molecule has 0 saturated carbocycles. The maximum absolute atomic E-state index is 12.0. The number of nitrogens with one attached hydrogen (secondary N) is 2. The molecule has 0 radical (unpaired) electrons. The van der Waals surface area contributed by atoms with Gasteiger partial charge >= 0.3 is 11.8 Å². The van der Waals surface area contributed by atoms with Crippen molar-refractivity contribution in [1.29, 1.82) is 0 Å². The van der Waals surface area contributed by atoms with Crippen molar-refractivity contribution < 1.29 is 14.3 Å². The van der Waals surface area contributed by atoms with E-state index in [1.54, 1.807) is 30.3 Å². The number of aryl methyl sites for hydroxylation is 1. The van der Waals surface area contributed by atoms with Crippen LogP contribution in [0, 0.1) is 0 Å². The summed E-state index contributed by atoms with van der Waals surface area (Å²) in [6.07, 6.45) is 0.772. The van der Waals surface area contributed by atoms with Gasteiger partial charge in [0.05, 0.1) is 6.61 Å². The van der Waals surface area contributed by atoms with E-state index in [4.69, 9.17) is 4.74 Å². The van der Waals surface area contributed by atoms with Gasteiger partial charge in [-0.25, -0.2) is 0 Å². The maximum atomic E-state index is 12.0. The van der Waals surface area contributed by atoms with Crippen LogP contribution in [0.25, 0.3) is 0 Å². The molecule has 2 N–H and O–H groups in total. The highest BCUT2D eigenvalue weighted by Crippen LogP contribution is 2.18. The number of carbonyl (C=O) groups excluding carboxylic acids is 2. The van der Waals surface area contributed by atoms with Crippen LogP contribution >= 0.6 is 0 Å². The van der Waals surface area contributed by atoms with E-state index in [2.05, 4.69) is 10.6 Å². The van der Waals surface area contributed by atoms with Gasteiger partial charge in [0.1, 0.15) is 5.75 Å². The van der Waals surface area contributed by atoms with E-state index in [-0.39, 0.29) is 0 Å². The van der Waals surface area contributed by atoms with E-state index in [0.717, 1.165) is 12.0 Å². The number of rotatable bonds is 5. The Labute approximate surface area is 135 Å². The number of benzene rings is 2. The van der Waals surface area contributed by atoms with E-state index in [1.807, 2.05) is 32.0 Å². The van der Waals surface area contributed by atoms with Crippen molar-refractivity contribution in [3.63, 3.8) is 0 Å². The SMILES string of the molecule is CCOc1cccc(NC(=O)C(=O)Nc2ccccc2CC)c1. The lowest BCUT2D eigenvalue weighted by Crippen LogP contribution is -2.29. The van der Waals surface area contributed by atoms with Crippen LogP contribution < -0.4 is 15.4 Å². The third-order valence-corrected chi connectivity index (χ3v) is 3.26. The van der Waals surface area contributed by atoms with Crippen LogP contribution in [0.1, 0.15) is 19.4 Å². The minimum Gasteiger partial charge on any atom is -0.494 e. The summed E-state index contributed by atoms with van der Waals surface area (Å²) in [5.74, 6) is -0.778. The normalized spacial score (nSPS) is 10.0. The second-order valence-corrected chi connectivity index (χ2v) is 4.88. The predicted octanol–water partition coefficient (Wildman–Crippen LogP) is 3.22. The molecule has 0 heterocycles. The Morgan fingerprint density at radius 2 is 1.70 bits per heavy atom. The first-order valence-corrected chi connectivity index (χ1v) is 7.57. The second-order valence-electron chi connectivity index (χ2n) is 4.88. The van der Waals surface area contributed by atoms with Gasteiger partial charge < -0.3 is 15.4 Å². The van der Waals surface area contributed by atoms with Crippen LogP contribution in [-0.2, 0) is 16.0 Å². The summed E-state index contributed by atoms with van der Waals surface area (Å²) in [5.41, 5.74) is 2.14. The Kier molecular flexibility index (Phi) is 5.74. The lowest BCUT2D eigenvalue weighted by Gasteiger charge is -2.10. The molecular formula is C18H20N2O3. The maximum Gasteiger partial charge on any atom is 0.314 e. The molecule has 0 saturated heterocycles. The summed E-state index contributed by atoms with van der Waals surface area (Å²) in [6, 6.07) is 14.3. The lowest BCUT2D eigenvalue weighted by atomic mass is 10.1. The highest BCUT2D eigenvalue weighted by atomic mass is 16.5. The predicted molar refractivity (Wildman–Crippen MR) is 90.7 cm³/mol. The zero-order valence-electron chi connectivity index (χ0n) is 13.3. The molecule has 2 rings (SSSR count). The first-order valence-electron chi connectivity index (χ1n) is 7.57. The number of amides is 2. The molecule has 0 spiro atoms. The molecule has 2 aromatic rings. The highest BCUT2D eigenvalue weighted by Gasteiger charge is 2.15. The molecule has 0 unspecified atom stereocenters. The number of carbonyl (C=O) groups is 2. The monoisotopic (exact) mass is 312 g/mol. The van der Waals surface area contributed by atoms with E-state index in [0.29, 0.717) is 23.7 Å². The standard InChI is InChI=1S/C18H20N2O3/c1-3-13-8-5-6-11-16(13)20-18(22)17(21)19-14-9-7-10-15(12-14)23-4-2/h5-12H,3-4H2,1-2H3,(H,19,21)(H,20,22). The molecule has 0 aliphatic rings. The number of hydrogen-bond donors (Lipinski definition) is 2. The van der Waals surface area contributed by atoms with Crippen molar-refractivity contribution in [3.05, 3.63) is 54.1 Å². The van der Waals surface area contributed by atoms with Gasteiger partial charge in [0.2, 0.25) is 0 Å². The first kappa shape index (κ1) is 16.5. The Balaban J connectivity index is 2.03. The second kappa shape index (κ2) is 7.98. The summed E-state index contributed by atoms with van der Waals surface area (Å²) in [4.78, 5) is 24.1. The largest absolute Gasteiger partial charge is 0.494 e. The average molecular weight is 312 g/mol. The van der Waals surface area contributed by atoms with Crippen LogP contribution in [0.3, 0.4) is 0 Å². The van der Waals surface area contributed by atoms with Gasteiger partial charge in [-0.1, -0.05) is 31.2 Å². The fraction of sp³-hybridized carbons (Fsp3) is 0.222. The van der Waals surface area contributed by atoms with Gasteiger partial charge in [0.25, 0.3) is 0 Å². The topological polar surface area (TPSA) is 67.4 Å². The number of para-hydroxylation sites is 1. The number of anilines is 2. The highest BCUT2D eigenvalue weighted by molar-refractivity contribution is 6.43. The van der Waals surface area contributed by atoms with Gasteiger partial charge in [-0.3, -0.25) is 9.59 Å². The minimum absolute atomic E-state index is 0.514. The summed E-state index contributed by atoms with van der Waals surface area (Å²) in [5, 5.41) is 5.21. The van der Waals surface area contributed by atoms with Gasteiger partial charge in [-0.2, -0.15) is 0 Å². The van der Waals surface area contributed by atoms with Gasteiger partial charge in [0.15, 0.2) is 0 Å². The zero-order valence-corrected chi connectivity index (χ0v) is 13.3. The van der Waals surface area contributed by atoms with Crippen LogP contribution in [0.5, 0.6) is 5.75 Å². The molecule has 5 nitrogen and oxygen atoms in total. The van der Waals surface area contributed by atoms with E-state index in [9.17, 15) is 9.59 Å². The molecule has 0 aliphatic carbocycles. The smallest absolute Gasteiger partial charge is 0.314 e. The summed E-state index contributed by atoms with van der Waals surface area (Å²) in [7, 11) is 0. The van der Waals surface area contributed by atoms with E-state index < -0.39 is 11.8 Å². The molecule has 2 amide bonds. The van der Waals surface area contributed by atoms with Crippen LogP contribution in [-0.4, -0.2) is 18.4 Å². The first-order chi connectivity index (χ1) is 11.1. The summed E-state index contributed by atoms with van der Waals surface area (Å²) < 4.78 is 5.36. The average Bonchev–Trinajstić information content (AvgIpc) is 2.56. The molecule has 0 fully saturated rings. The molecular weight excluding hydrogens is 292 g/mol.